The number of carbonyl (C=O) groups excluding carboxylic acids is 4. The molecule has 3 amide bonds. The number of likely N-dealkylation sites (N-methyl/N-ethyl adjacent to an activating group) is 1. The van der Waals surface area contributed by atoms with Gasteiger partial charge in [0.25, 0.3) is 0 Å². The first-order chi connectivity index (χ1) is 20.4. The number of esters is 1. The summed E-state index contributed by atoms with van der Waals surface area (Å²) < 4.78 is 30.8. The maximum atomic E-state index is 14.2. The molecule has 1 aromatic heterocycles. The van der Waals surface area contributed by atoms with Crippen LogP contribution >= 0.6 is 15.9 Å². The van der Waals surface area contributed by atoms with Crippen LogP contribution in [0.4, 0.5) is 10.2 Å². The Labute approximate surface area is 261 Å². The van der Waals surface area contributed by atoms with E-state index in [9.17, 15) is 23.6 Å². The van der Waals surface area contributed by atoms with Gasteiger partial charge < -0.3 is 34.6 Å². The van der Waals surface area contributed by atoms with Crippen LogP contribution in [0, 0.1) is 17.7 Å². The van der Waals surface area contributed by atoms with E-state index in [2.05, 4.69) is 36.3 Å². The lowest BCUT2D eigenvalue weighted by atomic mass is 9.90. The molecule has 2 N–H and O–H groups in total. The van der Waals surface area contributed by atoms with Crippen molar-refractivity contribution >= 4 is 45.4 Å². The summed E-state index contributed by atoms with van der Waals surface area (Å²) in [5, 5.41) is 5.31. The number of amides is 3. The molecule has 1 aliphatic heterocycles. The number of halogens is 2. The van der Waals surface area contributed by atoms with E-state index in [1.807, 2.05) is 13.8 Å². The Morgan fingerprint density at radius 3 is 2.47 bits per heavy atom. The molecule has 2 rings (SSSR count). The number of nitrogens with one attached hydrogen (secondary N) is 2. The molecule has 1 saturated heterocycles. The van der Waals surface area contributed by atoms with Crippen molar-refractivity contribution in [3.63, 3.8) is 0 Å². The standard InChI is InChI=1S/C29H45BrFN5O7/c1-8-17(2)26(35(4)24(38)15-33-28-20(31)12-19(30)14-32-28)22(41-5)13-23(37)36-11-9-10-21(36)27(43-7)18(3)29(40)34-16-25(39)42-6/h12,14,17-18,21-22,26-27H,8-11,13,15-16H2,1-7H3,(H,32,33)(H,34,40). The number of aromatic nitrogens is 1. The second kappa shape index (κ2) is 17.5. The molecule has 2 heterocycles. The van der Waals surface area contributed by atoms with Gasteiger partial charge in [0.2, 0.25) is 17.7 Å². The van der Waals surface area contributed by atoms with Crippen LogP contribution < -0.4 is 10.6 Å². The molecule has 0 aromatic carbocycles. The van der Waals surface area contributed by atoms with Crippen LogP contribution in [0.1, 0.15) is 46.5 Å². The molecule has 0 bridgehead atoms. The van der Waals surface area contributed by atoms with Crippen LogP contribution in [-0.2, 0) is 33.4 Å². The lowest BCUT2D eigenvalue weighted by Crippen LogP contribution is -2.54. The molecule has 0 saturated carbocycles. The summed E-state index contributed by atoms with van der Waals surface area (Å²) in [4.78, 5) is 58.4. The second-order valence-corrected chi connectivity index (χ2v) is 11.7. The quantitative estimate of drug-likeness (QED) is 0.254. The van der Waals surface area contributed by atoms with Gasteiger partial charge in [-0.05, 0) is 40.8 Å². The number of pyridine rings is 1. The van der Waals surface area contributed by atoms with Gasteiger partial charge in [0.1, 0.15) is 6.54 Å². The molecule has 43 heavy (non-hydrogen) atoms. The maximum Gasteiger partial charge on any atom is 0.325 e. The van der Waals surface area contributed by atoms with E-state index in [0.717, 1.165) is 12.8 Å². The van der Waals surface area contributed by atoms with Crippen molar-refractivity contribution in [2.45, 2.75) is 70.7 Å². The fourth-order valence-electron chi connectivity index (χ4n) is 5.55. The third kappa shape index (κ3) is 9.83. The first-order valence-electron chi connectivity index (χ1n) is 14.4. The van der Waals surface area contributed by atoms with Gasteiger partial charge in [-0.15, -0.1) is 0 Å². The van der Waals surface area contributed by atoms with Gasteiger partial charge >= 0.3 is 5.97 Å². The predicted octanol–water partition coefficient (Wildman–Crippen LogP) is 2.60. The van der Waals surface area contributed by atoms with Gasteiger partial charge in [-0.3, -0.25) is 19.2 Å². The zero-order valence-corrected chi connectivity index (χ0v) is 27.6. The summed E-state index contributed by atoms with van der Waals surface area (Å²) in [6.45, 7) is 5.72. The van der Waals surface area contributed by atoms with Gasteiger partial charge in [0, 0.05) is 38.5 Å². The van der Waals surface area contributed by atoms with Crippen LogP contribution in [0.15, 0.2) is 16.7 Å². The molecule has 0 spiro atoms. The first kappa shape index (κ1) is 36.4. The summed E-state index contributed by atoms with van der Waals surface area (Å²) in [5.74, 6) is -2.71. The minimum atomic E-state index is -0.638. The zero-order valence-electron chi connectivity index (χ0n) is 26.0. The molecule has 1 aliphatic rings. The molecule has 12 nitrogen and oxygen atoms in total. The maximum absolute atomic E-state index is 14.2. The highest BCUT2D eigenvalue weighted by Gasteiger charge is 2.42. The number of rotatable bonds is 16. The average Bonchev–Trinajstić information content (AvgIpc) is 3.48. The lowest BCUT2D eigenvalue weighted by molar-refractivity contribution is -0.146. The van der Waals surface area contributed by atoms with Crippen molar-refractivity contribution in [1.29, 1.82) is 0 Å². The van der Waals surface area contributed by atoms with Crippen molar-refractivity contribution in [3.05, 3.63) is 22.6 Å². The highest BCUT2D eigenvalue weighted by atomic mass is 79.9. The minimum absolute atomic E-state index is 0.00923. The third-order valence-electron chi connectivity index (χ3n) is 8.15. The van der Waals surface area contributed by atoms with Crippen molar-refractivity contribution in [1.82, 2.24) is 20.1 Å². The number of anilines is 1. The molecule has 0 aliphatic carbocycles. The monoisotopic (exact) mass is 673 g/mol. The van der Waals surface area contributed by atoms with E-state index in [0.29, 0.717) is 17.4 Å². The summed E-state index contributed by atoms with van der Waals surface area (Å²) in [6, 6.07) is 0.457. The van der Waals surface area contributed by atoms with Crippen molar-refractivity contribution in [2.75, 3.05) is 53.3 Å². The smallest absolute Gasteiger partial charge is 0.325 e. The van der Waals surface area contributed by atoms with Crippen molar-refractivity contribution < 1.29 is 37.8 Å². The Morgan fingerprint density at radius 1 is 1.19 bits per heavy atom. The van der Waals surface area contributed by atoms with Crippen LogP contribution in [-0.4, -0.2) is 111 Å². The van der Waals surface area contributed by atoms with Gasteiger partial charge in [-0.2, -0.15) is 0 Å². The first-order valence-corrected chi connectivity index (χ1v) is 15.2. The predicted molar refractivity (Wildman–Crippen MR) is 162 cm³/mol. The minimum Gasteiger partial charge on any atom is -0.468 e. The zero-order chi connectivity index (χ0) is 32.3. The number of likely N-dealkylation sites (tertiary alicyclic amines) is 1. The molecule has 1 fully saturated rings. The Hall–Kier alpha value is -2.84. The molecule has 0 radical (unpaired) electrons. The van der Waals surface area contributed by atoms with Crippen molar-refractivity contribution in [2.24, 2.45) is 11.8 Å². The topological polar surface area (TPSA) is 139 Å². The number of nitrogens with zero attached hydrogens (tertiary/aromatic N) is 3. The van der Waals surface area contributed by atoms with Crippen LogP contribution in [0.2, 0.25) is 0 Å². The molecule has 6 unspecified atom stereocenters. The van der Waals surface area contributed by atoms with Crippen molar-refractivity contribution in [3.8, 4) is 0 Å². The van der Waals surface area contributed by atoms with E-state index in [1.165, 1.54) is 33.6 Å². The van der Waals surface area contributed by atoms with E-state index >= 15 is 0 Å². The lowest BCUT2D eigenvalue weighted by Gasteiger charge is -2.39. The van der Waals surface area contributed by atoms with E-state index in [-0.39, 0.29) is 55.0 Å². The number of hydrogen-bond acceptors (Lipinski definition) is 9. The highest BCUT2D eigenvalue weighted by molar-refractivity contribution is 9.10. The van der Waals surface area contributed by atoms with E-state index in [1.54, 1.807) is 23.8 Å². The van der Waals surface area contributed by atoms with Crippen LogP contribution in [0.5, 0.6) is 0 Å². The molecular formula is C29H45BrFN5O7. The molecule has 242 valence electrons. The molecule has 1 aromatic rings. The Morgan fingerprint density at radius 2 is 1.88 bits per heavy atom. The number of methoxy groups -OCH3 is 3. The van der Waals surface area contributed by atoms with Crippen LogP contribution in [0.3, 0.4) is 0 Å². The van der Waals surface area contributed by atoms with E-state index < -0.39 is 36.0 Å². The largest absolute Gasteiger partial charge is 0.468 e. The summed E-state index contributed by atoms with van der Waals surface area (Å²) in [7, 11) is 5.90. The number of ether oxygens (including phenoxy) is 3. The van der Waals surface area contributed by atoms with Gasteiger partial charge in [-0.25, -0.2) is 9.37 Å². The van der Waals surface area contributed by atoms with E-state index in [4.69, 9.17) is 9.47 Å². The summed E-state index contributed by atoms with van der Waals surface area (Å²) >= 11 is 3.16. The third-order valence-corrected chi connectivity index (χ3v) is 8.59. The second-order valence-electron chi connectivity index (χ2n) is 10.8. The highest BCUT2D eigenvalue weighted by Crippen LogP contribution is 2.29. The van der Waals surface area contributed by atoms with Gasteiger partial charge in [0.05, 0.1) is 50.3 Å². The molecular weight excluding hydrogens is 629 g/mol. The van der Waals surface area contributed by atoms with Gasteiger partial charge in [0.15, 0.2) is 11.6 Å². The Bertz CT molecular complexity index is 1110. The molecule has 14 heteroatoms. The normalized spacial score (nSPS) is 18.3. The SMILES string of the molecule is CCC(C)C(C(CC(=O)N1CCCC1C(OC)C(C)C(=O)NCC(=O)OC)OC)N(C)C(=O)CNc1ncc(Br)cc1F. The summed E-state index contributed by atoms with van der Waals surface area (Å²) in [5.41, 5.74) is 0. The average molecular weight is 675 g/mol. The Kier molecular flexibility index (Phi) is 14.8. The van der Waals surface area contributed by atoms with Gasteiger partial charge in [-0.1, -0.05) is 27.2 Å². The fraction of sp³-hybridized carbons (Fsp3) is 0.690. The molecule has 6 atom stereocenters. The summed E-state index contributed by atoms with van der Waals surface area (Å²) in [6.07, 6.45) is 2.34. The number of hydrogen-bond donors (Lipinski definition) is 2. The van der Waals surface area contributed by atoms with Crippen LogP contribution in [0.25, 0.3) is 0 Å². The number of carbonyl (C=O) groups is 4. The fourth-order valence-corrected chi connectivity index (χ4v) is 5.85. The Balaban J connectivity index is 2.15.